The molecule has 0 heterocycles. The molecule has 1 N–H and O–H groups in total. The third kappa shape index (κ3) is 2.93. The number of nitrogens with one attached hydrogen (secondary N) is 1. The van der Waals surface area contributed by atoms with Crippen LogP contribution in [0.3, 0.4) is 0 Å². The van der Waals surface area contributed by atoms with Crippen LogP contribution in [-0.2, 0) is 0 Å². The van der Waals surface area contributed by atoms with Gasteiger partial charge in [-0.1, -0.05) is 24.2 Å². The highest BCUT2D eigenvalue weighted by Gasteiger charge is 1.93. The Labute approximate surface area is 75.9 Å². The predicted molar refractivity (Wildman–Crippen MR) is 49.9 cm³/mol. The first-order chi connectivity index (χ1) is 5.68. The van der Waals surface area contributed by atoms with Gasteiger partial charge in [0.05, 0.1) is 6.54 Å². The van der Waals surface area contributed by atoms with E-state index in [1.54, 1.807) is 12.1 Å². The first-order valence-electron chi connectivity index (χ1n) is 3.51. The van der Waals surface area contributed by atoms with Crippen molar-refractivity contribution in [3.8, 4) is 0 Å². The van der Waals surface area contributed by atoms with Crippen molar-refractivity contribution in [2.75, 3.05) is 11.9 Å². The average molecular weight is 186 g/mol. The van der Waals surface area contributed by atoms with Crippen molar-refractivity contribution in [2.45, 2.75) is 0 Å². The molecule has 0 aliphatic rings. The highest BCUT2D eigenvalue weighted by Crippen LogP contribution is 2.09. The van der Waals surface area contributed by atoms with E-state index in [1.807, 2.05) is 0 Å². The van der Waals surface area contributed by atoms with Gasteiger partial charge in [-0.15, -0.1) is 0 Å². The van der Waals surface area contributed by atoms with Crippen molar-refractivity contribution >= 4 is 17.3 Å². The molecular formula is C9H9ClFN. The van der Waals surface area contributed by atoms with E-state index in [0.29, 0.717) is 17.3 Å². The minimum atomic E-state index is -0.264. The molecule has 12 heavy (non-hydrogen) atoms. The van der Waals surface area contributed by atoms with Crippen LogP contribution in [-0.4, -0.2) is 6.54 Å². The molecule has 0 saturated heterocycles. The Balaban J connectivity index is 2.57. The maximum atomic E-state index is 12.6. The summed E-state index contributed by atoms with van der Waals surface area (Å²) in [5, 5.41) is 3.41. The van der Waals surface area contributed by atoms with E-state index in [-0.39, 0.29) is 5.82 Å². The summed E-state index contributed by atoms with van der Waals surface area (Å²) in [5.41, 5.74) is 0.705. The smallest absolute Gasteiger partial charge is 0.125 e. The highest BCUT2D eigenvalue weighted by molar-refractivity contribution is 6.29. The molecule has 0 aromatic heterocycles. The van der Waals surface area contributed by atoms with Crippen molar-refractivity contribution in [2.24, 2.45) is 0 Å². The second kappa shape index (κ2) is 4.12. The van der Waals surface area contributed by atoms with E-state index in [1.165, 1.54) is 12.1 Å². The Kier molecular flexibility index (Phi) is 3.11. The van der Waals surface area contributed by atoms with E-state index in [2.05, 4.69) is 11.9 Å². The first-order valence-corrected chi connectivity index (χ1v) is 3.89. The Bertz CT molecular complexity index is 286. The van der Waals surface area contributed by atoms with Crippen molar-refractivity contribution in [3.63, 3.8) is 0 Å². The Morgan fingerprint density at radius 1 is 1.58 bits per heavy atom. The maximum Gasteiger partial charge on any atom is 0.125 e. The average Bonchev–Trinajstić information content (AvgIpc) is 2.01. The van der Waals surface area contributed by atoms with Crippen LogP contribution in [0, 0.1) is 5.82 Å². The van der Waals surface area contributed by atoms with E-state index in [9.17, 15) is 4.39 Å². The van der Waals surface area contributed by atoms with Crippen molar-refractivity contribution in [1.82, 2.24) is 0 Å². The summed E-state index contributed by atoms with van der Waals surface area (Å²) in [7, 11) is 0. The quantitative estimate of drug-likeness (QED) is 0.764. The van der Waals surface area contributed by atoms with Crippen LogP contribution >= 0.6 is 11.6 Å². The third-order valence-electron chi connectivity index (χ3n) is 1.31. The standard InChI is InChI=1S/C9H9ClFN/c1-7(10)6-12-9-4-2-3-8(11)5-9/h2-5,12H,1,6H2. The SMILES string of the molecule is C=C(Cl)CNc1cccc(F)c1. The van der Waals surface area contributed by atoms with Gasteiger partial charge in [-0.3, -0.25) is 0 Å². The fourth-order valence-corrected chi connectivity index (χ4v) is 0.863. The molecule has 1 nitrogen and oxygen atoms in total. The van der Waals surface area contributed by atoms with Crippen LogP contribution in [0.4, 0.5) is 10.1 Å². The highest BCUT2D eigenvalue weighted by atomic mass is 35.5. The molecule has 1 aromatic rings. The van der Waals surface area contributed by atoms with Gasteiger partial charge in [-0.2, -0.15) is 0 Å². The summed E-state index contributed by atoms with van der Waals surface area (Å²) in [4.78, 5) is 0. The number of rotatable bonds is 3. The summed E-state index contributed by atoms with van der Waals surface area (Å²) in [5.74, 6) is -0.264. The lowest BCUT2D eigenvalue weighted by molar-refractivity contribution is 0.628. The number of halogens is 2. The topological polar surface area (TPSA) is 12.0 Å². The molecule has 0 spiro atoms. The first kappa shape index (κ1) is 9.07. The maximum absolute atomic E-state index is 12.6. The van der Waals surface area contributed by atoms with Gasteiger partial charge in [0.15, 0.2) is 0 Å². The van der Waals surface area contributed by atoms with E-state index >= 15 is 0 Å². The minimum Gasteiger partial charge on any atom is -0.380 e. The van der Waals surface area contributed by atoms with E-state index < -0.39 is 0 Å². The van der Waals surface area contributed by atoms with Crippen LogP contribution in [0.1, 0.15) is 0 Å². The second-order valence-corrected chi connectivity index (χ2v) is 2.92. The van der Waals surface area contributed by atoms with Gasteiger partial charge in [0.1, 0.15) is 5.82 Å². The molecule has 0 amide bonds. The monoisotopic (exact) mass is 185 g/mol. The fraction of sp³-hybridized carbons (Fsp3) is 0.111. The zero-order valence-electron chi connectivity index (χ0n) is 6.48. The summed E-state index contributed by atoms with van der Waals surface area (Å²) in [6, 6.07) is 6.19. The van der Waals surface area contributed by atoms with Crippen LogP contribution in [0.15, 0.2) is 35.9 Å². The van der Waals surface area contributed by atoms with Crippen LogP contribution in [0.5, 0.6) is 0 Å². The van der Waals surface area contributed by atoms with Gasteiger partial charge >= 0.3 is 0 Å². The summed E-state index contributed by atoms with van der Waals surface area (Å²) in [6.45, 7) is 3.95. The predicted octanol–water partition coefficient (Wildman–Crippen LogP) is 2.99. The lowest BCUT2D eigenvalue weighted by atomic mass is 10.3. The normalized spacial score (nSPS) is 9.50. The Hall–Kier alpha value is -1.02. The number of anilines is 1. The number of benzene rings is 1. The lowest BCUT2D eigenvalue weighted by Gasteiger charge is -2.03. The van der Waals surface area contributed by atoms with Crippen LogP contribution in [0.25, 0.3) is 0 Å². The second-order valence-electron chi connectivity index (χ2n) is 2.38. The molecule has 0 bridgehead atoms. The summed E-state index contributed by atoms with van der Waals surface area (Å²) in [6.07, 6.45) is 0. The van der Waals surface area contributed by atoms with Crippen molar-refractivity contribution < 1.29 is 4.39 Å². The van der Waals surface area contributed by atoms with E-state index in [4.69, 9.17) is 11.6 Å². The number of hydrogen-bond acceptors (Lipinski definition) is 1. The molecule has 0 fully saturated rings. The largest absolute Gasteiger partial charge is 0.380 e. The van der Waals surface area contributed by atoms with Gasteiger partial charge < -0.3 is 5.32 Å². The molecule has 0 radical (unpaired) electrons. The third-order valence-corrected chi connectivity index (χ3v) is 1.44. The summed E-state index contributed by atoms with van der Waals surface area (Å²) >= 11 is 5.52. The lowest BCUT2D eigenvalue weighted by Crippen LogP contribution is -2.00. The number of hydrogen-bond donors (Lipinski definition) is 1. The molecule has 0 atom stereocenters. The van der Waals surface area contributed by atoms with Gasteiger partial charge in [0, 0.05) is 10.7 Å². The molecule has 64 valence electrons. The van der Waals surface area contributed by atoms with Gasteiger partial charge in [-0.05, 0) is 18.2 Å². The fourth-order valence-electron chi connectivity index (χ4n) is 0.796. The molecule has 0 saturated carbocycles. The zero-order chi connectivity index (χ0) is 8.97. The van der Waals surface area contributed by atoms with Gasteiger partial charge in [0.2, 0.25) is 0 Å². The van der Waals surface area contributed by atoms with Gasteiger partial charge in [-0.25, -0.2) is 4.39 Å². The zero-order valence-corrected chi connectivity index (χ0v) is 7.24. The molecule has 0 aliphatic heterocycles. The van der Waals surface area contributed by atoms with Crippen molar-refractivity contribution in [3.05, 3.63) is 41.7 Å². The van der Waals surface area contributed by atoms with E-state index in [0.717, 1.165) is 0 Å². The Morgan fingerprint density at radius 3 is 2.92 bits per heavy atom. The van der Waals surface area contributed by atoms with Crippen molar-refractivity contribution in [1.29, 1.82) is 0 Å². The molecule has 0 aliphatic carbocycles. The van der Waals surface area contributed by atoms with Crippen LogP contribution in [0.2, 0.25) is 0 Å². The molecule has 1 aromatic carbocycles. The van der Waals surface area contributed by atoms with Crippen LogP contribution < -0.4 is 5.32 Å². The molecule has 0 unspecified atom stereocenters. The summed E-state index contributed by atoms with van der Waals surface area (Å²) < 4.78 is 12.6. The minimum absolute atomic E-state index is 0.264. The molecular weight excluding hydrogens is 177 g/mol. The Morgan fingerprint density at radius 2 is 2.33 bits per heavy atom. The van der Waals surface area contributed by atoms with Gasteiger partial charge in [0.25, 0.3) is 0 Å². The molecule has 3 heteroatoms. The molecule has 1 rings (SSSR count).